The molecule has 0 aliphatic rings. The van der Waals surface area contributed by atoms with E-state index in [4.69, 9.17) is 4.74 Å². The summed E-state index contributed by atoms with van der Waals surface area (Å²) in [6.07, 6.45) is 3.00. The van der Waals surface area contributed by atoms with E-state index < -0.39 is 11.7 Å². The lowest BCUT2D eigenvalue weighted by Gasteiger charge is -2.23. The number of rotatable bonds is 1. The Morgan fingerprint density at radius 2 is 2.13 bits per heavy atom. The molecule has 1 rings (SSSR count). The molecule has 15 heavy (non-hydrogen) atoms. The van der Waals surface area contributed by atoms with E-state index in [0.29, 0.717) is 5.95 Å². The summed E-state index contributed by atoms with van der Waals surface area (Å²) in [5.74, 6) is 0.559. The van der Waals surface area contributed by atoms with Gasteiger partial charge in [0.25, 0.3) is 0 Å². The highest BCUT2D eigenvalue weighted by molar-refractivity contribution is 5.85. The van der Waals surface area contributed by atoms with Crippen molar-refractivity contribution in [2.75, 3.05) is 11.9 Å². The van der Waals surface area contributed by atoms with Crippen LogP contribution >= 0.6 is 0 Å². The smallest absolute Gasteiger partial charge is 0.416 e. The molecule has 84 valence electrons. The van der Waals surface area contributed by atoms with Gasteiger partial charge < -0.3 is 9.30 Å². The van der Waals surface area contributed by atoms with Gasteiger partial charge in [-0.1, -0.05) is 0 Å². The summed E-state index contributed by atoms with van der Waals surface area (Å²) in [5, 5.41) is 0. The molecule has 5 nitrogen and oxygen atoms in total. The van der Waals surface area contributed by atoms with Gasteiger partial charge >= 0.3 is 6.09 Å². The summed E-state index contributed by atoms with van der Waals surface area (Å²) < 4.78 is 6.97. The van der Waals surface area contributed by atoms with Crippen molar-refractivity contribution in [2.24, 2.45) is 7.05 Å². The molecule has 5 heteroatoms. The zero-order chi connectivity index (χ0) is 11.6. The normalized spacial score (nSPS) is 11.3. The molecular weight excluding hydrogens is 194 g/mol. The van der Waals surface area contributed by atoms with Gasteiger partial charge in [-0.15, -0.1) is 0 Å². The van der Waals surface area contributed by atoms with Gasteiger partial charge in [-0.2, -0.15) is 0 Å². The Morgan fingerprint density at radius 1 is 1.53 bits per heavy atom. The highest BCUT2D eigenvalue weighted by Crippen LogP contribution is 2.13. The Kier molecular flexibility index (Phi) is 3.02. The summed E-state index contributed by atoms with van der Waals surface area (Å²) >= 11 is 0. The minimum Gasteiger partial charge on any atom is -0.443 e. The molecule has 1 aromatic heterocycles. The summed E-state index contributed by atoms with van der Waals surface area (Å²) in [5.41, 5.74) is -0.490. The average molecular weight is 211 g/mol. The van der Waals surface area contributed by atoms with E-state index in [1.165, 1.54) is 4.90 Å². The zero-order valence-electron chi connectivity index (χ0n) is 9.81. The van der Waals surface area contributed by atoms with Crippen LogP contribution in [0.25, 0.3) is 0 Å². The van der Waals surface area contributed by atoms with Crippen molar-refractivity contribution in [1.29, 1.82) is 0 Å². The van der Waals surface area contributed by atoms with Crippen molar-refractivity contribution >= 4 is 12.0 Å². The highest BCUT2D eigenvalue weighted by atomic mass is 16.6. The molecule has 1 heterocycles. The van der Waals surface area contributed by atoms with E-state index in [0.717, 1.165) is 0 Å². The summed E-state index contributed by atoms with van der Waals surface area (Å²) in [4.78, 5) is 17.1. The second-order valence-electron chi connectivity index (χ2n) is 4.38. The second kappa shape index (κ2) is 3.92. The van der Waals surface area contributed by atoms with Gasteiger partial charge in [0.15, 0.2) is 0 Å². The summed E-state index contributed by atoms with van der Waals surface area (Å²) in [7, 11) is 3.46. The molecule has 0 unspecified atom stereocenters. The Balaban J connectivity index is 2.74. The van der Waals surface area contributed by atoms with Crippen LogP contribution in [-0.4, -0.2) is 28.3 Å². The molecule has 0 aliphatic heterocycles. The maximum Gasteiger partial charge on any atom is 0.416 e. The van der Waals surface area contributed by atoms with E-state index in [1.807, 2.05) is 27.8 Å². The molecule has 0 saturated carbocycles. The van der Waals surface area contributed by atoms with Crippen molar-refractivity contribution in [3.8, 4) is 0 Å². The maximum atomic E-state index is 11.7. The summed E-state index contributed by atoms with van der Waals surface area (Å²) in [6.45, 7) is 5.49. The molecule has 0 atom stereocenters. The third kappa shape index (κ3) is 2.97. The highest BCUT2D eigenvalue weighted by Gasteiger charge is 2.22. The number of nitrogens with zero attached hydrogens (tertiary/aromatic N) is 3. The number of carbonyl (C=O) groups excluding carboxylic acids is 1. The van der Waals surface area contributed by atoms with E-state index in [-0.39, 0.29) is 0 Å². The summed E-state index contributed by atoms with van der Waals surface area (Å²) in [6, 6.07) is 0. The molecule has 0 spiro atoms. The first-order chi connectivity index (χ1) is 6.81. The molecule has 0 fully saturated rings. The quantitative estimate of drug-likeness (QED) is 0.711. The van der Waals surface area contributed by atoms with E-state index in [9.17, 15) is 4.79 Å². The first kappa shape index (κ1) is 11.6. The molecule has 1 aromatic rings. The van der Waals surface area contributed by atoms with Gasteiger partial charge in [0, 0.05) is 26.5 Å². The van der Waals surface area contributed by atoms with Crippen LogP contribution in [-0.2, 0) is 11.8 Å². The lowest BCUT2D eigenvalue weighted by Crippen LogP contribution is -2.35. The maximum absolute atomic E-state index is 11.7. The molecule has 0 aliphatic carbocycles. The fourth-order valence-corrected chi connectivity index (χ4v) is 1.09. The number of amides is 1. The van der Waals surface area contributed by atoms with E-state index in [1.54, 1.807) is 24.0 Å². The van der Waals surface area contributed by atoms with Crippen LogP contribution in [0, 0.1) is 0 Å². The monoisotopic (exact) mass is 211 g/mol. The molecule has 0 radical (unpaired) electrons. The third-order valence-corrected chi connectivity index (χ3v) is 1.76. The standard InChI is InChI=1S/C10H17N3O2/c1-10(2,3)15-9(14)13(5)8-11-6-7-12(8)4/h6-7H,1-5H3. The fraction of sp³-hybridized carbons (Fsp3) is 0.600. The van der Waals surface area contributed by atoms with Crippen LogP contribution in [0.1, 0.15) is 20.8 Å². The molecule has 0 aromatic carbocycles. The number of ether oxygens (including phenoxy) is 1. The van der Waals surface area contributed by atoms with Gasteiger partial charge in [0.2, 0.25) is 5.95 Å². The van der Waals surface area contributed by atoms with Gasteiger partial charge in [-0.25, -0.2) is 9.78 Å². The SMILES string of the molecule is CN(C(=O)OC(C)(C)C)c1nccn1C. The number of hydrogen-bond donors (Lipinski definition) is 0. The van der Waals surface area contributed by atoms with Crippen molar-refractivity contribution < 1.29 is 9.53 Å². The first-order valence-corrected chi connectivity index (χ1v) is 4.75. The first-order valence-electron chi connectivity index (χ1n) is 4.75. The molecule has 0 N–H and O–H groups in total. The van der Waals surface area contributed by atoms with Gasteiger partial charge in [0.1, 0.15) is 5.60 Å². The van der Waals surface area contributed by atoms with E-state index in [2.05, 4.69) is 4.98 Å². The second-order valence-corrected chi connectivity index (χ2v) is 4.38. The number of anilines is 1. The fourth-order valence-electron chi connectivity index (χ4n) is 1.09. The van der Waals surface area contributed by atoms with Crippen molar-refractivity contribution in [3.63, 3.8) is 0 Å². The lowest BCUT2D eigenvalue weighted by molar-refractivity contribution is 0.0586. The molecular formula is C10H17N3O2. The number of carbonyl (C=O) groups is 1. The average Bonchev–Trinajstić information content (AvgIpc) is 2.47. The lowest BCUT2D eigenvalue weighted by atomic mass is 10.2. The Bertz CT molecular complexity index is 352. The minimum atomic E-state index is -0.490. The Hall–Kier alpha value is -1.52. The van der Waals surface area contributed by atoms with Crippen LogP contribution in [0.2, 0.25) is 0 Å². The molecule has 0 bridgehead atoms. The number of imidazole rings is 1. The number of aryl methyl sites for hydroxylation is 1. The van der Waals surface area contributed by atoms with Crippen molar-refractivity contribution in [3.05, 3.63) is 12.4 Å². The number of aromatic nitrogens is 2. The van der Waals surface area contributed by atoms with Crippen molar-refractivity contribution in [1.82, 2.24) is 9.55 Å². The molecule has 1 amide bonds. The van der Waals surface area contributed by atoms with Crippen LogP contribution in [0.4, 0.5) is 10.7 Å². The topological polar surface area (TPSA) is 47.4 Å². The predicted octanol–water partition coefficient (Wildman–Crippen LogP) is 1.79. The largest absolute Gasteiger partial charge is 0.443 e. The number of hydrogen-bond acceptors (Lipinski definition) is 3. The van der Waals surface area contributed by atoms with E-state index >= 15 is 0 Å². The third-order valence-electron chi connectivity index (χ3n) is 1.76. The predicted molar refractivity (Wildman–Crippen MR) is 57.8 cm³/mol. The minimum absolute atomic E-state index is 0.406. The van der Waals surface area contributed by atoms with Crippen LogP contribution in [0.5, 0.6) is 0 Å². The van der Waals surface area contributed by atoms with Crippen LogP contribution in [0.15, 0.2) is 12.4 Å². The Labute approximate surface area is 89.7 Å². The Morgan fingerprint density at radius 3 is 2.53 bits per heavy atom. The van der Waals surface area contributed by atoms with Gasteiger partial charge in [-0.05, 0) is 20.8 Å². The van der Waals surface area contributed by atoms with Gasteiger partial charge in [-0.3, -0.25) is 4.90 Å². The van der Waals surface area contributed by atoms with Crippen LogP contribution < -0.4 is 4.90 Å². The molecule has 0 saturated heterocycles. The zero-order valence-corrected chi connectivity index (χ0v) is 9.81. The van der Waals surface area contributed by atoms with Crippen molar-refractivity contribution in [2.45, 2.75) is 26.4 Å². The van der Waals surface area contributed by atoms with Crippen LogP contribution in [0.3, 0.4) is 0 Å². The van der Waals surface area contributed by atoms with Gasteiger partial charge in [0.05, 0.1) is 0 Å².